The molecule has 6 nitrogen and oxygen atoms in total. The molecule has 6 fully saturated rings. The number of fused-ring (bicyclic) bond motifs is 7. The van der Waals surface area contributed by atoms with E-state index in [-0.39, 0.29) is 16.4 Å². The smallest absolute Gasteiger partial charge is 0.298 e. The molecule has 6 heteroatoms. The molecule has 7 aliphatic rings. The van der Waals surface area contributed by atoms with Crippen molar-refractivity contribution in [2.75, 3.05) is 39.3 Å². The van der Waals surface area contributed by atoms with Gasteiger partial charge in [0, 0.05) is 50.7 Å². The van der Waals surface area contributed by atoms with E-state index in [1.165, 1.54) is 80.9 Å². The van der Waals surface area contributed by atoms with Crippen LogP contribution in [0.2, 0.25) is 0 Å². The highest BCUT2D eigenvalue weighted by molar-refractivity contribution is 5.79. The number of allylic oxidation sites excluding steroid dienone is 3. The van der Waals surface area contributed by atoms with Crippen LogP contribution < -0.4 is 10.1 Å². The summed E-state index contributed by atoms with van der Waals surface area (Å²) in [7, 11) is 0. The van der Waals surface area contributed by atoms with Gasteiger partial charge in [0.1, 0.15) is 5.75 Å². The van der Waals surface area contributed by atoms with Crippen LogP contribution in [0.5, 0.6) is 5.75 Å². The lowest BCUT2D eigenvalue weighted by atomic mass is 9.33. The number of ether oxygens (including phenoxy) is 1. The molecular weight excluding hydrogens is 667 g/mol. The number of hydrogen-bond donors (Lipinski definition) is 1. The topological polar surface area (TPSA) is 61.9 Å². The molecule has 0 bridgehead atoms. The minimum atomic E-state index is 0.0688. The van der Waals surface area contributed by atoms with Crippen LogP contribution >= 0.6 is 0 Å². The van der Waals surface area contributed by atoms with Gasteiger partial charge in [0.2, 0.25) is 5.91 Å². The van der Waals surface area contributed by atoms with Crippen molar-refractivity contribution in [3.63, 3.8) is 0 Å². The summed E-state index contributed by atoms with van der Waals surface area (Å²) >= 11 is 0. The number of carbonyl (C=O) groups excluding carboxylic acids is 2. The Labute approximate surface area is 327 Å². The number of rotatable bonds is 9. The number of benzene rings is 1. The van der Waals surface area contributed by atoms with E-state index in [9.17, 15) is 9.59 Å². The summed E-state index contributed by atoms with van der Waals surface area (Å²) in [6.45, 7) is 26.7. The van der Waals surface area contributed by atoms with Crippen molar-refractivity contribution in [1.29, 1.82) is 0 Å². The molecule has 1 heterocycles. The monoisotopic (exact) mass is 738 g/mol. The molecule has 9 atom stereocenters. The zero-order chi connectivity index (χ0) is 38.1. The molecule has 296 valence electrons. The average Bonchev–Trinajstić information content (AvgIpc) is 3.82. The molecule has 54 heavy (non-hydrogen) atoms. The maximum absolute atomic E-state index is 13.1. The molecular formula is C48H71N3O3. The molecule has 1 N–H and O–H groups in total. The van der Waals surface area contributed by atoms with E-state index < -0.39 is 0 Å². The number of nitrogens with one attached hydrogen (secondary N) is 1. The van der Waals surface area contributed by atoms with Crippen LogP contribution in [-0.2, 0) is 9.59 Å². The highest BCUT2D eigenvalue weighted by Crippen LogP contribution is 2.76. The van der Waals surface area contributed by atoms with Gasteiger partial charge >= 0.3 is 0 Å². The Morgan fingerprint density at radius 1 is 0.870 bits per heavy atom. The van der Waals surface area contributed by atoms with Crippen LogP contribution in [-0.4, -0.2) is 67.0 Å². The molecule has 1 aromatic carbocycles. The fourth-order valence-corrected chi connectivity index (χ4v) is 15.4. The van der Waals surface area contributed by atoms with Gasteiger partial charge < -0.3 is 15.0 Å². The van der Waals surface area contributed by atoms with Crippen LogP contribution in [0.3, 0.4) is 0 Å². The molecule has 1 aliphatic heterocycles. The Kier molecular flexibility index (Phi) is 10.1. The zero-order valence-corrected chi connectivity index (χ0v) is 34.7. The lowest BCUT2D eigenvalue weighted by Gasteiger charge is -2.72. The second-order valence-corrected chi connectivity index (χ2v) is 20.7. The Morgan fingerprint density at radius 3 is 2.28 bits per heavy atom. The first-order valence-electron chi connectivity index (χ1n) is 22.1. The SMILES string of the molecule is C=C(C)[C@@H]1CC[C@]2(NCCN3CCN(C(=O)C4CCCC4)CC3)CC[C@]3(C)[C@H](CC[C@@H]4[C@@]5(C)CC=C(c6ccc(OC=O)cc6)C(C)(C)[C@@H]5CC[C@]43C)[C@@H]12. The van der Waals surface area contributed by atoms with Crippen molar-refractivity contribution >= 4 is 18.0 Å². The predicted octanol–water partition coefficient (Wildman–Crippen LogP) is 9.55. The van der Waals surface area contributed by atoms with E-state index in [0.717, 1.165) is 70.4 Å². The van der Waals surface area contributed by atoms with Crippen molar-refractivity contribution in [2.24, 2.45) is 57.2 Å². The Balaban J connectivity index is 0.982. The van der Waals surface area contributed by atoms with Crippen molar-refractivity contribution in [3.8, 4) is 5.75 Å². The first-order chi connectivity index (χ1) is 25.8. The van der Waals surface area contributed by atoms with E-state index in [2.05, 4.69) is 81.4 Å². The first-order valence-corrected chi connectivity index (χ1v) is 22.1. The molecule has 1 amide bonds. The minimum absolute atomic E-state index is 0.0688. The lowest BCUT2D eigenvalue weighted by Crippen LogP contribution is -2.68. The van der Waals surface area contributed by atoms with Crippen LogP contribution in [0.25, 0.3) is 5.57 Å². The molecule has 0 aromatic heterocycles. The van der Waals surface area contributed by atoms with Gasteiger partial charge in [0.25, 0.3) is 6.47 Å². The van der Waals surface area contributed by atoms with Crippen molar-refractivity contribution in [1.82, 2.24) is 15.1 Å². The summed E-state index contributed by atoms with van der Waals surface area (Å²) in [6.07, 6.45) is 18.9. The van der Waals surface area contributed by atoms with Crippen LogP contribution in [0.4, 0.5) is 0 Å². The predicted molar refractivity (Wildman–Crippen MR) is 219 cm³/mol. The molecule has 5 saturated carbocycles. The number of hydrogen-bond acceptors (Lipinski definition) is 5. The van der Waals surface area contributed by atoms with Crippen LogP contribution in [0.1, 0.15) is 131 Å². The molecule has 0 spiro atoms. The fraction of sp³-hybridized carbons (Fsp3) is 0.750. The van der Waals surface area contributed by atoms with Gasteiger partial charge in [-0.05, 0) is 152 Å². The van der Waals surface area contributed by atoms with Crippen molar-refractivity contribution in [2.45, 2.75) is 131 Å². The molecule has 0 radical (unpaired) electrons. The molecule has 8 rings (SSSR count). The Bertz CT molecular complexity index is 1620. The molecule has 6 aliphatic carbocycles. The van der Waals surface area contributed by atoms with Crippen molar-refractivity contribution < 1.29 is 14.3 Å². The first kappa shape index (κ1) is 38.4. The van der Waals surface area contributed by atoms with E-state index in [4.69, 9.17) is 4.74 Å². The van der Waals surface area contributed by atoms with E-state index in [1.54, 1.807) is 0 Å². The number of nitrogens with zero attached hydrogens (tertiary/aromatic N) is 2. The molecule has 1 aromatic rings. The third-order valence-electron chi connectivity index (χ3n) is 18.3. The number of piperazine rings is 1. The second-order valence-electron chi connectivity index (χ2n) is 20.7. The number of amides is 1. The lowest BCUT2D eigenvalue weighted by molar-refractivity contribution is -0.219. The quantitative estimate of drug-likeness (QED) is 0.202. The van der Waals surface area contributed by atoms with Gasteiger partial charge in [-0.25, -0.2) is 0 Å². The highest BCUT2D eigenvalue weighted by Gasteiger charge is 2.70. The van der Waals surface area contributed by atoms with Gasteiger partial charge in [-0.1, -0.05) is 77.8 Å². The highest BCUT2D eigenvalue weighted by atomic mass is 16.5. The van der Waals surface area contributed by atoms with Crippen LogP contribution in [0.15, 0.2) is 42.5 Å². The third-order valence-corrected chi connectivity index (χ3v) is 18.3. The van der Waals surface area contributed by atoms with Gasteiger partial charge in [0.15, 0.2) is 0 Å². The zero-order valence-electron chi connectivity index (χ0n) is 34.7. The third kappa shape index (κ3) is 6.00. The van der Waals surface area contributed by atoms with E-state index >= 15 is 0 Å². The minimum Gasteiger partial charge on any atom is -0.429 e. The Hall–Kier alpha value is -2.44. The molecule has 1 saturated heterocycles. The summed E-state index contributed by atoms with van der Waals surface area (Å²) in [5, 5.41) is 4.34. The van der Waals surface area contributed by atoms with Crippen molar-refractivity contribution in [3.05, 3.63) is 48.1 Å². The summed E-state index contributed by atoms with van der Waals surface area (Å²) < 4.78 is 5.12. The van der Waals surface area contributed by atoms with Gasteiger partial charge in [0.05, 0.1) is 0 Å². The summed E-state index contributed by atoms with van der Waals surface area (Å²) in [6, 6.07) is 8.18. The largest absolute Gasteiger partial charge is 0.429 e. The van der Waals surface area contributed by atoms with Gasteiger partial charge in [-0.2, -0.15) is 0 Å². The van der Waals surface area contributed by atoms with Crippen LogP contribution in [0, 0.1) is 57.2 Å². The number of carbonyl (C=O) groups is 2. The average molecular weight is 738 g/mol. The molecule has 0 unspecified atom stereocenters. The maximum atomic E-state index is 13.1. The Morgan fingerprint density at radius 2 is 1.59 bits per heavy atom. The summed E-state index contributed by atoms with van der Waals surface area (Å²) in [5.74, 6) is 4.69. The normalized spacial score (nSPS) is 40.5. The van der Waals surface area contributed by atoms with Gasteiger partial charge in [-0.15, -0.1) is 0 Å². The maximum Gasteiger partial charge on any atom is 0.298 e. The summed E-state index contributed by atoms with van der Waals surface area (Å²) in [5.41, 5.74) is 5.35. The van der Waals surface area contributed by atoms with E-state index in [1.807, 2.05) is 12.1 Å². The fourth-order valence-electron chi connectivity index (χ4n) is 15.4. The summed E-state index contributed by atoms with van der Waals surface area (Å²) in [4.78, 5) is 28.8. The van der Waals surface area contributed by atoms with E-state index in [0.29, 0.717) is 52.6 Å². The standard InChI is InChI=1S/C48H71N3O3/c1-33(2)37-18-23-48(49-26-27-50-28-30-51(31-29-50)43(53)35-10-8-9-11-35)25-24-46(6)39(42(37)48)16-17-41-45(5)21-19-38(34-12-14-36(15-13-34)54-32-52)44(3,4)40(45)20-22-47(41,46)7/h12-15,19,32,35,37,39-42,49H,1,8-11,16-18,20-31H2,2-7H3/t37-,39+,40-,41+,42+,45-,46+,47+,48-/m0/s1. The second kappa shape index (κ2) is 14.2. The van der Waals surface area contributed by atoms with Gasteiger partial charge in [-0.3, -0.25) is 14.5 Å².